The molecule has 1 aromatic heterocycles. The maximum atomic E-state index is 5.87. The SMILES string of the molecule is Cc1ccc(Oc2ccc(N)c(OC(C)(C)C)n2)cc1. The van der Waals surface area contributed by atoms with Gasteiger partial charge in [0.05, 0.1) is 5.69 Å². The standard InChI is InChI=1S/C16H20N2O2/c1-11-5-7-12(8-6-11)19-14-10-9-13(17)15(18-14)20-16(2,3)4/h5-10H,17H2,1-4H3. The third kappa shape index (κ3) is 3.88. The van der Waals surface area contributed by atoms with E-state index in [1.807, 2.05) is 52.0 Å². The summed E-state index contributed by atoms with van der Waals surface area (Å²) in [5.41, 5.74) is 7.19. The first kappa shape index (κ1) is 14.2. The molecule has 0 radical (unpaired) electrons. The third-order valence-electron chi connectivity index (χ3n) is 2.51. The number of nitrogens with two attached hydrogens (primary N) is 1. The van der Waals surface area contributed by atoms with E-state index in [1.54, 1.807) is 12.1 Å². The van der Waals surface area contributed by atoms with Gasteiger partial charge in [-0.15, -0.1) is 0 Å². The minimum atomic E-state index is -0.358. The summed E-state index contributed by atoms with van der Waals surface area (Å²) in [6.07, 6.45) is 0. The van der Waals surface area contributed by atoms with Crippen LogP contribution in [0.1, 0.15) is 26.3 Å². The highest BCUT2D eigenvalue weighted by atomic mass is 16.5. The molecule has 4 nitrogen and oxygen atoms in total. The van der Waals surface area contributed by atoms with Gasteiger partial charge in [0, 0.05) is 6.07 Å². The van der Waals surface area contributed by atoms with E-state index in [4.69, 9.17) is 15.2 Å². The van der Waals surface area contributed by atoms with Gasteiger partial charge in [-0.05, 0) is 45.9 Å². The zero-order valence-electron chi connectivity index (χ0n) is 12.3. The fourth-order valence-electron chi connectivity index (χ4n) is 1.59. The number of hydrogen-bond donors (Lipinski definition) is 1. The lowest BCUT2D eigenvalue weighted by molar-refractivity contribution is 0.124. The molecule has 0 aliphatic rings. The van der Waals surface area contributed by atoms with Crippen molar-refractivity contribution in [2.45, 2.75) is 33.3 Å². The Morgan fingerprint density at radius 2 is 1.65 bits per heavy atom. The highest BCUT2D eigenvalue weighted by molar-refractivity contribution is 5.50. The van der Waals surface area contributed by atoms with E-state index in [0.717, 1.165) is 5.75 Å². The van der Waals surface area contributed by atoms with Crippen LogP contribution < -0.4 is 15.2 Å². The monoisotopic (exact) mass is 272 g/mol. The molecule has 0 atom stereocenters. The Balaban J connectivity index is 2.20. The summed E-state index contributed by atoms with van der Waals surface area (Å²) in [6.45, 7) is 7.87. The zero-order valence-corrected chi connectivity index (χ0v) is 12.3. The molecular formula is C16H20N2O2. The molecule has 0 fully saturated rings. The Hall–Kier alpha value is -2.23. The van der Waals surface area contributed by atoms with Crippen LogP contribution >= 0.6 is 0 Å². The van der Waals surface area contributed by atoms with Gasteiger partial charge in [0.25, 0.3) is 0 Å². The van der Waals surface area contributed by atoms with Crippen LogP contribution in [0.15, 0.2) is 36.4 Å². The van der Waals surface area contributed by atoms with Gasteiger partial charge in [0.15, 0.2) is 0 Å². The first-order chi connectivity index (χ1) is 9.33. The molecule has 0 amide bonds. The molecule has 2 N–H and O–H groups in total. The number of pyridine rings is 1. The van der Waals surface area contributed by atoms with Gasteiger partial charge in [-0.3, -0.25) is 0 Å². The predicted octanol–water partition coefficient (Wildman–Crippen LogP) is 3.94. The third-order valence-corrected chi connectivity index (χ3v) is 2.51. The molecule has 1 heterocycles. The van der Waals surface area contributed by atoms with Crippen LogP contribution in [-0.2, 0) is 0 Å². The van der Waals surface area contributed by atoms with Crippen LogP contribution in [0, 0.1) is 6.92 Å². The number of nitrogens with zero attached hydrogens (tertiary/aromatic N) is 1. The molecule has 0 unspecified atom stereocenters. The van der Waals surface area contributed by atoms with Gasteiger partial charge in [0.2, 0.25) is 11.8 Å². The number of aromatic nitrogens is 1. The average Bonchev–Trinajstić information content (AvgIpc) is 2.34. The van der Waals surface area contributed by atoms with E-state index in [9.17, 15) is 0 Å². The van der Waals surface area contributed by atoms with Gasteiger partial charge in [-0.25, -0.2) is 0 Å². The second-order valence-electron chi connectivity index (χ2n) is 5.67. The summed E-state index contributed by atoms with van der Waals surface area (Å²) < 4.78 is 11.4. The highest BCUT2D eigenvalue weighted by Crippen LogP contribution is 2.28. The minimum Gasteiger partial charge on any atom is -0.470 e. The summed E-state index contributed by atoms with van der Waals surface area (Å²) in [5, 5.41) is 0. The molecule has 0 bridgehead atoms. The Bertz CT molecular complexity index is 586. The predicted molar refractivity (Wildman–Crippen MR) is 80.3 cm³/mol. The number of ether oxygens (including phenoxy) is 2. The topological polar surface area (TPSA) is 57.4 Å². The molecule has 1 aromatic carbocycles. The van der Waals surface area contributed by atoms with Crippen LogP contribution in [0.5, 0.6) is 17.5 Å². The Labute approximate surface area is 119 Å². The Morgan fingerprint density at radius 3 is 2.25 bits per heavy atom. The Morgan fingerprint density at radius 1 is 1.00 bits per heavy atom. The van der Waals surface area contributed by atoms with E-state index >= 15 is 0 Å². The molecule has 20 heavy (non-hydrogen) atoms. The van der Waals surface area contributed by atoms with Crippen molar-refractivity contribution < 1.29 is 9.47 Å². The van der Waals surface area contributed by atoms with Gasteiger partial charge >= 0.3 is 0 Å². The first-order valence-corrected chi connectivity index (χ1v) is 6.53. The second kappa shape index (κ2) is 5.41. The average molecular weight is 272 g/mol. The summed E-state index contributed by atoms with van der Waals surface area (Å²) in [7, 11) is 0. The minimum absolute atomic E-state index is 0.358. The van der Waals surface area contributed by atoms with E-state index in [1.165, 1.54) is 5.56 Å². The van der Waals surface area contributed by atoms with E-state index in [-0.39, 0.29) is 5.60 Å². The van der Waals surface area contributed by atoms with Crippen LogP contribution in [-0.4, -0.2) is 10.6 Å². The quantitative estimate of drug-likeness (QED) is 0.919. The smallest absolute Gasteiger partial charge is 0.241 e. The van der Waals surface area contributed by atoms with Crippen molar-refractivity contribution in [3.63, 3.8) is 0 Å². The molecule has 0 saturated heterocycles. The number of hydrogen-bond acceptors (Lipinski definition) is 4. The summed E-state index contributed by atoms with van der Waals surface area (Å²) in [5.74, 6) is 1.58. The molecule has 2 rings (SSSR count). The fraction of sp³-hybridized carbons (Fsp3) is 0.312. The summed E-state index contributed by atoms with van der Waals surface area (Å²) in [6, 6.07) is 11.2. The van der Waals surface area contributed by atoms with Gasteiger partial charge in [-0.2, -0.15) is 4.98 Å². The van der Waals surface area contributed by atoms with E-state index < -0.39 is 0 Å². The lowest BCUT2D eigenvalue weighted by Crippen LogP contribution is -2.24. The van der Waals surface area contributed by atoms with Gasteiger partial charge in [0.1, 0.15) is 11.4 Å². The van der Waals surface area contributed by atoms with Crippen molar-refractivity contribution in [2.24, 2.45) is 0 Å². The summed E-state index contributed by atoms with van der Waals surface area (Å²) >= 11 is 0. The summed E-state index contributed by atoms with van der Waals surface area (Å²) in [4.78, 5) is 4.31. The van der Waals surface area contributed by atoms with Crippen LogP contribution in [0.25, 0.3) is 0 Å². The van der Waals surface area contributed by atoms with Crippen molar-refractivity contribution in [1.82, 2.24) is 4.98 Å². The fourth-order valence-corrected chi connectivity index (χ4v) is 1.59. The van der Waals surface area contributed by atoms with Crippen molar-refractivity contribution >= 4 is 5.69 Å². The van der Waals surface area contributed by atoms with Crippen LogP contribution in [0.3, 0.4) is 0 Å². The maximum absolute atomic E-state index is 5.87. The first-order valence-electron chi connectivity index (χ1n) is 6.53. The molecule has 0 saturated carbocycles. The van der Waals surface area contributed by atoms with Gasteiger partial charge < -0.3 is 15.2 Å². The second-order valence-corrected chi connectivity index (χ2v) is 5.67. The largest absolute Gasteiger partial charge is 0.470 e. The molecule has 106 valence electrons. The number of rotatable bonds is 3. The number of aryl methyl sites for hydroxylation is 1. The molecule has 0 aliphatic carbocycles. The van der Waals surface area contributed by atoms with Crippen LogP contribution in [0.4, 0.5) is 5.69 Å². The number of benzene rings is 1. The molecule has 0 aliphatic heterocycles. The maximum Gasteiger partial charge on any atom is 0.241 e. The van der Waals surface area contributed by atoms with E-state index in [0.29, 0.717) is 17.4 Å². The normalized spacial score (nSPS) is 11.2. The van der Waals surface area contributed by atoms with Crippen molar-refractivity contribution in [1.29, 1.82) is 0 Å². The van der Waals surface area contributed by atoms with Crippen molar-refractivity contribution in [3.8, 4) is 17.5 Å². The Kier molecular flexibility index (Phi) is 3.84. The van der Waals surface area contributed by atoms with Crippen LogP contribution in [0.2, 0.25) is 0 Å². The lowest BCUT2D eigenvalue weighted by atomic mass is 10.2. The van der Waals surface area contributed by atoms with E-state index in [2.05, 4.69) is 4.98 Å². The van der Waals surface area contributed by atoms with Gasteiger partial charge in [-0.1, -0.05) is 17.7 Å². The number of nitrogen functional groups attached to an aromatic ring is 1. The number of anilines is 1. The zero-order chi connectivity index (χ0) is 14.8. The molecule has 0 spiro atoms. The molecular weight excluding hydrogens is 252 g/mol. The molecule has 4 heteroatoms. The highest BCUT2D eigenvalue weighted by Gasteiger charge is 2.16. The van der Waals surface area contributed by atoms with Crippen molar-refractivity contribution in [2.75, 3.05) is 5.73 Å². The lowest BCUT2D eigenvalue weighted by Gasteiger charge is -2.21. The van der Waals surface area contributed by atoms with Crippen molar-refractivity contribution in [3.05, 3.63) is 42.0 Å². The molecule has 2 aromatic rings.